The molecule has 0 saturated carbocycles. The fraction of sp³-hybridized carbons (Fsp3) is 0.753. The van der Waals surface area contributed by atoms with Crippen molar-refractivity contribution in [2.45, 2.75) is 405 Å². The molecule has 0 aromatic carbocycles. The number of rotatable bonds is 79. The zero-order chi connectivity index (χ0) is 71.5. The minimum Gasteiger partial charge on any atom is -0.462 e. The second kappa shape index (κ2) is 83.4. The van der Waals surface area contributed by atoms with Crippen molar-refractivity contribution < 1.29 is 37.6 Å². The number of hydrogen-bond acceptors (Lipinski definition) is 8. The normalized spacial score (nSPS) is 13.5. The molecular formula is C89H158NO8P. The third-order valence-electron chi connectivity index (χ3n) is 18.3. The summed E-state index contributed by atoms with van der Waals surface area (Å²) in [4.78, 5) is 35.5. The molecule has 0 radical (unpaired) electrons. The second-order valence-electron chi connectivity index (χ2n) is 27.9. The third kappa shape index (κ3) is 83.2. The minimum atomic E-state index is -4.40. The zero-order valence-electron chi connectivity index (χ0n) is 64.7. The van der Waals surface area contributed by atoms with Gasteiger partial charge in [-0.3, -0.25) is 18.6 Å². The van der Waals surface area contributed by atoms with E-state index in [9.17, 15) is 19.0 Å². The summed E-state index contributed by atoms with van der Waals surface area (Å²) in [6.45, 7) is 3.57. The SMILES string of the molecule is CC/C=C\C/C=C\C/C=C\C/C=C\C/C=C\C/C=C\CCCCCCCCCCCCCCCCCCCCCCC(=O)OC(COC(=O)CCCCCCCCCCCCCCCCCCCCCCCCCCCC/C=C\C/C=C\C/C=C\C/C=C\CC)COP(=O)(O)OCCN. The summed E-state index contributed by atoms with van der Waals surface area (Å²) in [6, 6.07) is 0. The van der Waals surface area contributed by atoms with Gasteiger partial charge in [-0.05, 0) is 103 Å². The minimum absolute atomic E-state index is 0.0530. The fourth-order valence-corrected chi connectivity index (χ4v) is 13.0. The number of nitrogens with two attached hydrogens (primary N) is 1. The molecule has 0 bridgehead atoms. The van der Waals surface area contributed by atoms with Crippen LogP contribution in [0.3, 0.4) is 0 Å². The molecular weight excluding hydrogens is 1240 g/mol. The highest BCUT2D eigenvalue weighted by molar-refractivity contribution is 7.47. The molecule has 0 spiro atoms. The van der Waals surface area contributed by atoms with Crippen LogP contribution in [0.5, 0.6) is 0 Å². The van der Waals surface area contributed by atoms with Crippen LogP contribution in [-0.4, -0.2) is 49.3 Å². The lowest BCUT2D eigenvalue weighted by Gasteiger charge is -2.19. The maximum Gasteiger partial charge on any atom is 0.472 e. The maximum absolute atomic E-state index is 12.8. The van der Waals surface area contributed by atoms with Crippen LogP contribution in [0.1, 0.15) is 399 Å². The predicted octanol–water partition coefficient (Wildman–Crippen LogP) is 28.5. The van der Waals surface area contributed by atoms with E-state index < -0.39 is 26.5 Å². The van der Waals surface area contributed by atoms with Gasteiger partial charge in [0, 0.05) is 19.4 Å². The van der Waals surface area contributed by atoms with Gasteiger partial charge in [-0.25, -0.2) is 4.57 Å². The Bertz CT molecular complexity index is 2050. The molecule has 0 saturated heterocycles. The first-order valence-corrected chi connectivity index (χ1v) is 43.5. The number of carbonyl (C=O) groups excluding carboxylic acids is 2. The van der Waals surface area contributed by atoms with E-state index in [2.05, 4.69) is 135 Å². The third-order valence-corrected chi connectivity index (χ3v) is 19.3. The van der Waals surface area contributed by atoms with Crippen molar-refractivity contribution in [3.05, 3.63) is 122 Å². The van der Waals surface area contributed by atoms with Crippen LogP contribution in [0, 0.1) is 0 Å². The zero-order valence-corrected chi connectivity index (χ0v) is 65.6. The molecule has 99 heavy (non-hydrogen) atoms. The number of carbonyl (C=O) groups is 2. The Labute approximate surface area is 612 Å². The van der Waals surface area contributed by atoms with Crippen molar-refractivity contribution in [1.29, 1.82) is 0 Å². The number of esters is 2. The van der Waals surface area contributed by atoms with Gasteiger partial charge in [-0.1, -0.05) is 405 Å². The molecule has 3 N–H and O–H groups in total. The maximum atomic E-state index is 12.8. The molecule has 0 aliphatic carbocycles. The fourth-order valence-electron chi connectivity index (χ4n) is 12.2. The molecule has 10 heteroatoms. The number of phosphoric acid groups is 1. The van der Waals surface area contributed by atoms with E-state index in [4.69, 9.17) is 24.3 Å². The van der Waals surface area contributed by atoms with Gasteiger partial charge in [0.05, 0.1) is 13.2 Å². The van der Waals surface area contributed by atoms with Crippen molar-refractivity contribution in [3.63, 3.8) is 0 Å². The first-order chi connectivity index (χ1) is 48.8. The Morgan fingerprint density at radius 1 is 0.303 bits per heavy atom. The number of ether oxygens (including phenoxy) is 2. The molecule has 0 aliphatic heterocycles. The first-order valence-electron chi connectivity index (χ1n) is 42.0. The molecule has 9 nitrogen and oxygen atoms in total. The van der Waals surface area contributed by atoms with Crippen molar-refractivity contribution in [1.82, 2.24) is 0 Å². The van der Waals surface area contributed by atoms with E-state index in [0.717, 1.165) is 103 Å². The van der Waals surface area contributed by atoms with Gasteiger partial charge in [0.15, 0.2) is 6.10 Å². The molecule has 0 heterocycles. The summed E-state index contributed by atoms with van der Waals surface area (Å²) in [5.41, 5.74) is 5.42. The van der Waals surface area contributed by atoms with Crippen LogP contribution in [-0.2, 0) is 32.7 Å². The van der Waals surface area contributed by atoms with Gasteiger partial charge in [0.2, 0.25) is 0 Å². The molecule has 0 rings (SSSR count). The van der Waals surface area contributed by atoms with Gasteiger partial charge in [-0.15, -0.1) is 0 Å². The van der Waals surface area contributed by atoms with Gasteiger partial charge in [0.1, 0.15) is 6.61 Å². The highest BCUT2D eigenvalue weighted by atomic mass is 31.2. The van der Waals surface area contributed by atoms with Crippen LogP contribution in [0.15, 0.2) is 122 Å². The van der Waals surface area contributed by atoms with Gasteiger partial charge in [0.25, 0.3) is 0 Å². The molecule has 0 aromatic heterocycles. The van der Waals surface area contributed by atoms with Crippen molar-refractivity contribution in [3.8, 4) is 0 Å². The lowest BCUT2D eigenvalue weighted by Crippen LogP contribution is -2.29. The van der Waals surface area contributed by atoms with E-state index in [1.807, 2.05) is 0 Å². The summed E-state index contributed by atoms with van der Waals surface area (Å²) < 4.78 is 33.3. The highest BCUT2D eigenvalue weighted by Gasteiger charge is 2.26. The summed E-state index contributed by atoms with van der Waals surface area (Å²) in [5, 5.41) is 0. The summed E-state index contributed by atoms with van der Waals surface area (Å²) >= 11 is 0. The highest BCUT2D eigenvalue weighted by Crippen LogP contribution is 2.43. The van der Waals surface area contributed by atoms with E-state index in [-0.39, 0.29) is 38.6 Å². The predicted molar refractivity (Wildman–Crippen MR) is 431 cm³/mol. The Balaban J connectivity index is 3.76. The van der Waals surface area contributed by atoms with Crippen LogP contribution < -0.4 is 5.73 Å². The quantitative estimate of drug-likeness (QED) is 0.0264. The van der Waals surface area contributed by atoms with Crippen LogP contribution in [0.2, 0.25) is 0 Å². The first kappa shape index (κ1) is 95.4. The molecule has 0 fully saturated rings. The van der Waals surface area contributed by atoms with Crippen molar-refractivity contribution in [2.24, 2.45) is 5.73 Å². The monoisotopic (exact) mass is 1400 g/mol. The standard InChI is InChI=1S/C89H158NO8P/c1-3-5-7-9-11-13-15-17-19-21-23-25-27-29-31-33-35-37-39-41-43-45-47-49-51-53-55-57-59-61-63-65-67-69-71-73-75-77-79-81-88(91)95-85-87(86-97-99(93,94)96-84-83-90)98-89(92)82-80-78-76-74-72-70-68-66-64-62-60-58-56-54-52-50-48-46-44-42-40-38-36-34-32-30-28-26-24-22-20-18-16-14-12-10-8-6-4-2/h5-8,11-14,17-20,23-26,30,32,36,38,87H,3-4,9-10,15-16,21-22,27-29,31,33-35,37,39-86,90H2,1-2H3,(H,93,94)/b7-5-,8-6-,13-11-,14-12-,19-17-,20-18-,25-23-,26-24-,32-30-,38-36-. The van der Waals surface area contributed by atoms with Gasteiger partial charge in [-0.2, -0.15) is 0 Å². The summed E-state index contributed by atoms with van der Waals surface area (Å²) in [5.74, 6) is -0.808. The Kier molecular flexibility index (Phi) is 80.3. The van der Waals surface area contributed by atoms with Crippen LogP contribution >= 0.6 is 7.82 Å². The van der Waals surface area contributed by atoms with Crippen LogP contribution in [0.25, 0.3) is 0 Å². The molecule has 0 aromatic rings. The van der Waals surface area contributed by atoms with E-state index >= 15 is 0 Å². The average molecular weight is 1400 g/mol. The number of allylic oxidation sites excluding steroid dienone is 20. The average Bonchev–Trinajstić information content (AvgIpc) is 1.35. The topological polar surface area (TPSA) is 134 Å². The summed E-state index contributed by atoms with van der Waals surface area (Å²) in [7, 11) is -4.40. The Morgan fingerprint density at radius 2 is 0.525 bits per heavy atom. The summed E-state index contributed by atoms with van der Waals surface area (Å²) in [6.07, 6.45) is 118. The van der Waals surface area contributed by atoms with Gasteiger partial charge < -0.3 is 20.1 Å². The number of phosphoric ester groups is 1. The lowest BCUT2D eigenvalue weighted by atomic mass is 10.0. The Morgan fingerprint density at radius 3 is 0.778 bits per heavy atom. The molecule has 572 valence electrons. The number of hydrogen-bond donors (Lipinski definition) is 2. The molecule has 0 amide bonds. The van der Waals surface area contributed by atoms with Gasteiger partial charge >= 0.3 is 19.8 Å². The van der Waals surface area contributed by atoms with E-state index in [1.54, 1.807) is 0 Å². The van der Waals surface area contributed by atoms with Crippen molar-refractivity contribution in [2.75, 3.05) is 26.4 Å². The lowest BCUT2D eigenvalue weighted by molar-refractivity contribution is -0.161. The second-order valence-corrected chi connectivity index (χ2v) is 29.4. The molecule has 2 unspecified atom stereocenters. The van der Waals surface area contributed by atoms with E-state index in [1.165, 1.54) is 263 Å². The molecule has 0 aliphatic rings. The van der Waals surface area contributed by atoms with E-state index in [0.29, 0.717) is 6.42 Å². The molecule has 2 atom stereocenters. The Hall–Kier alpha value is -3.59. The number of unbranched alkanes of at least 4 members (excludes halogenated alkanes) is 46. The van der Waals surface area contributed by atoms with Crippen LogP contribution in [0.4, 0.5) is 0 Å². The smallest absolute Gasteiger partial charge is 0.462 e. The largest absolute Gasteiger partial charge is 0.472 e. The van der Waals surface area contributed by atoms with Crippen molar-refractivity contribution >= 4 is 19.8 Å².